The molecule has 17 heavy (non-hydrogen) atoms. The van der Waals surface area contributed by atoms with Gasteiger partial charge in [0.05, 0.1) is 21.3 Å². The molecule has 0 unspecified atom stereocenters. The fraction of sp³-hybridized carbons (Fsp3) is 0.500. The zero-order valence-corrected chi connectivity index (χ0v) is 11.0. The van der Waals surface area contributed by atoms with E-state index in [0.717, 1.165) is 23.5 Å². The van der Waals surface area contributed by atoms with E-state index < -0.39 is 0 Å². The molecule has 4 nitrogen and oxygen atoms in total. The van der Waals surface area contributed by atoms with E-state index in [0.29, 0.717) is 11.7 Å². The summed E-state index contributed by atoms with van der Waals surface area (Å²) in [6.07, 6.45) is 1.01. The molecule has 1 fully saturated rings. The van der Waals surface area contributed by atoms with Gasteiger partial charge in [0.1, 0.15) is 5.75 Å². The first-order chi connectivity index (χ1) is 7.71. The Morgan fingerprint density at radius 2 is 1.47 bits per heavy atom. The van der Waals surface area contributed by atoms with Crippen LogP contribution >= 0.6 is 12.4 Å². The second kappa shape index (κ2) is 5.47. The van der Waals surface area contributed by atoms with Crippen LogP contribution in [0.3, 0.4) is 0 Å². The third-order valence-electron chi connectivity index (χ3n) is 2.98. The monoisotopic (exact) mass is 259 g/mol. The van der Waals surface area contributed by atoms with Crippen molar-refractivity contribution in [2.45, 2.75) is 18.4 Å². The summed E-state index contributed by atoms with van der Waals surface area (Å²) < 4.78 is 15.8. The number of methoxy groups -OCH3 is 3. The van der Waals surface area contributed by atoms with Crippen molar-refractivity contribution in [2.24, 2.45) is 5.73 Å². The standard InChI is InChI=1S/C12H17NO3.ClH/c1-14-10-6-12(16-3)11(15-2)5-8(10)7-4-9(7)13;/h5-7,9H,4,13H2,1-3H3;1H/t7-,9+;/m0./s1. The van der Waals surface area contributed by atoms with Crippen LogP contribution in [-0.4, -0.2) is 27.4 Å². The SMILES string of the molecule is COc1cc(OC)c([C@@H]2C[C@H]2N)cc1OC.Cl. The molecule has 0 bridgehead atoms. The Morgan fingerprint density at radius 1 is 1.00 bits per heavy atom. The number of rotatable bonds is 4. The summed E-state index contributed by atoms with van der Waals surface area (Å²) in [5.41, 5.74) is 6.96. The maximum absolute atomic E-state index is 5.86. The maximum Gasteiger partial charge on any atom is 0.164 e. The van der Waals surface area contributed by atoms with Crippen LogP contribution in [0.25, 0.3) is 0 Å². The summed E-state index contributed by atoms with van der Waals surface area (Å²) in [4.78, 5) is 0. The van der Waals surface area contributed by atoms with E-state index in [1.165, 1.54) is 0 Å². The average Bonchev–Trinajstić information content (AvgIpc) is 3.04. The maximum atomic E-state index is 5.86. The third kappa shape index (κ3) is 2.58. The molecule has 1 aromatic carbocycles. The first-order valence-electron chi connectivity index (χ1n) is 5.26. The highest BCUT2D eigenvalue weighted by Gasteiger charge is 2.37. The van der Waals surface area contributed by atoms with E-state index in [9.17, 15) is 0 Å². The highest BCUT2D eigenvalue weighted by atomic mass is 35.5. The molecule has 1 aliphatic rings. The van der Waals surface area contributed by atoms with E-state index in [4.69, 9.17) is 19.9 Å². The van der Waals surface area contributed by atoms with Crippen molar-refractivity contribution >= 4 is 12.4 Å². The molecule has 0 aliphatic heterocycles. The van der Waals surface area contributed by atoms with Crippen molar-refractivity contribution in [1.82, 2.24) is 0 Å². The molecule has 5 heteroatoms. The lowest BCUT2D eigenvalue weighted by molar-refractivity contribution is 0.347. The van der Waals surface area contributed by atoms with Crippen LogP contribution in [0.5, 0.6) is 17.2 Å². The lowest BCUT2D eigenvalue weighted by Gasteiger charge is -2.13. The number of nitrogens with two attached hydrogens (primary N) is 1. The van der Waals surface area contributed by atoms with Crippen molar-refractivity contribution in [1.29, 1.82) is 0 Å². The molecule has 1 aliphatic carbocycles. The first kappa shape index (κ1) is 13.9. The van der Waals surface area contributed by atoms with Gasteiger partial charge in [-0.05, 0) is 12.5 Å². The minimum Gasteiger partial charge on any atom is -0.496 e. The Kier molecular flexibility index (Phi) is 4.48. The number of ether oxygens (including phenoxy) is 3. The molecule has 96 valence electrons. The lowest BCUT2D eigenvalue weighted by Crippen LogP contribution is -2.03. The van der Waals surface area contributed by atoms with Gasteiger partial charge in [0.25, 0.3) is 0 Å². The highest BCUT2D eigenvalue weighted by molar-refractivity contribution is 5.85. The quantitative estimate of drug-likeness (QED) is 0.898. The van der Waals surface area contributed by atoms with Gasteiger partial charge < -0.3 is 19.9 Å². The molecule has 1 saturated carbocycles. The van der Waals surface area contributed by atoms with E-state index in [1.54, 1.807) is 21.3 Å². The van der Waals surface area contributed by atoms with Crippen LogP contribution < -0.4 is 19.9 Å². The van der Waals surface area contributed by atoms with Gasteiger partial charge >= 0.3 is 0 Å². The molecule has 0 radical (unpaired) electrons. The van der Waals surface area contributed by atoms with Crippen LogP contribution in [0.2, 0.25) is 0 Å². The molecule has 2 N–H and O–H groups in total. The molecule has 0 amide bonds. The van der Waals surface area contributed by atoms with E-state index >= 15 is 0 Å². The summed E-state index contributed by atoms with van der Waals surface area (Å²) in [7, 11) is 4.89. The number of halogens is 1. The minimum atomic E-state index is 0. The topological polar surface area (TPSA) is 53.7 Å². The van der Waals surface area contributed by atoms with Crippen molar-refractivity contribution in [3.63, 3.8) is 0 Å². The molecule has 0 heterocycles. The third-order valence-corrected chi connectivity index (χ3v) is 2.98. The summed E-state index contributed by atoms with van der Waals surface area (Å²) in [6, 6.07) is 4.04. The van der Waals surface area contributed by atoms with Gasteiger partial charge in [-0.3, -0.25) is 0 Å². The van der Waals surface area contributed by atoms with E-state index in [-0.39, 0.29) is 18.4 Å². The average molecular weight is 260 g/mol. The Bertz CT molecular complexity index is 398. The number of benzene rings is 1. The number of hydrogen-bond donors (Lipinski definition) is 1. The van der Waals surface area contributed by atoms with Crippen LogP contribution in [-0.2, 0) is 0 Å². The van der Waals surface area contributed by atoms with Gasteiger partial charge in [-0.15, -0.1) is 12.4 Å². The van der Waals surface area contributed by atoms with Crippen LogP contribution in [0.1, 0.15) is 17.9 Å². The largest absolute Gasteiger partial charge is 0.496 e. The number of hydrogen-bond acceptors (Lipinski definition) is 4. The smallest absolute Gasteiger partial charge is 0.164 e. The van der Waals surface area contributed by atoms with Crippen LogP contribution in [0, 0.1) is 0 Å². The van der Waals surface area contributed by atoms with Crippen molar-refractivity contribution in [2.75, 3.05) is 21.3 Å². The van der Waals surface area contributed by atoms with E-state index in [1.807, 2.05) is 12.1 Å². The van der Waals surface area contributed by atoms with Crippen molar-refractivity contribution in [3.05, 3.63) is 17.7 Å². The van der Waals surface area contributed by atoms with E-state index in [2.05, 4.69) is 0 Å². The summed E-state index contributed by atoms with van der Waals surface area (Å²) in [5.74, 6) is 2.60. The van der Waals surface area contributed by atoms with Crippen molar-refractivity contribution < 1.29 is 14.2 Å². The molecule has 2 rings (SSSR count). The molecule has 0 spiro atoms. The fourth-order valence-corrected chi connectivity index (χ4v) is 1.91. The Labute approximate surface area is 107 Å². The highest BCUT2D eigenvalue weighted by Crippen LogP contribution is 2.47. The Hall–Kier alpha value is -1.13. The zero-order valence-electron chi connectivity index (χ0n) is 10.2. The zero-order chi connectivity index (χ0) is 11.7. The normalized spacial score (nSPS) is 21.4. The second-order valence-electron chi connectivity index (χ2n) is 3.96. The second-order valence-corrected chi connectivity index (χ2v) is 3.96. The summed E-state index contributed by atoms with van der Waals surface area (Å²) in [5, 5.41) is 0. The fourth-order valence-electron chi connectivity index (χ4n) is 1.91. The molecule has 1 aromatic rings. The molecule has 2 atom stereocenters. The first-order valence-corrected chi connectivity index (χ1v) is 5.26. The summed E-state index contributed by atoms with van der Waals surface area (Å²) >= 11 is 0. The van der Waals surface area contributed by atoms with Crippen LogP contribution in [0.4, 0.5) is 0 Å². The van der Waals surface area contributed by atoms with Gasteiger partial charge in [-0.2, -0.15) is 0 Å². The Balaban J connectivity index is 0.00000144. The molecular weight excluding hydrogens is 242 g/mol. The van der Waals surface area contributed by atoms with Gasteiger partial charge in [-0.1, -0.05) is 0 Å². The van der Waals surface area contributed by atoms with Gasteiger partial charge in [0, 0.05) is 23.6 Å². The van der Waals surface area contributed by atoms with Crippen molar-refractivity contribution in [3.8, 4) is 17.2 Å². The minimum absolute atomic E-state index is 0. The van der Waals surface area contributed by atoms with Gasteiger partial charge in [0.15, 0.2) is 11.5 Å². The van der Waals surface area contributed by atoms with Gasteiger partial charge in [-0.25, -0.2) is 0 Å². The summed E-state index contributed by atoms with van der Waals surface area (Å²) in [6.45, 7) is 0. The molecular formula is C12H18ClNO3. The molecule has 0 saturated heterocycles. The lowest BCUT2D eigenvalue weighted by atomic mass is 10.1. The predicted molar refractivity (Wildman–Crippen MR) is 68.7 cm³/mol. The predicted octanol–water partition coefficient (Wildman–Crippen LogP) is 1.95. The molecule has 0 aromatic heterocycles. The Morgan fingerprint density at radius 3 is 1.88 bits per heavy atom. The van der Waals surface area contributed by atoms with Crippen LogP contribution in [0.15, 0.2) is 12.1 Å². The van der Waals surface area contributed by atoms with Gasteiger partial charge in [0.2, 0.25) is 0 Å².